The van der Waals surface area contributed by atoms with E-state index in [1.54, 1.807) is 6.07 Å². The highest BCUT2D eigenvalue weighted by molar-refractivity contribution is 7.93. The number of H-pyrrole nitrogens is 1. The van der Waals surface area contributed by atoms with Gasteiger partial charge < -0.3 is 10.1 Å². The molecule has 0 aliphatic carbocycles. The molecule has 3 aromatic rings. The third-order valence-electron chi connectivity index (χ3n) is 3.73. The molecule has 24 heavy (non-hydrogen) atoms. The standard InChI is InChI=1S/C16H13FN2O4S/c1-19(13-8-3-2-5-10(13)16(20)21)24(22,23)14-9-18-12-7-4-6-11(17)15(12)14/h2-9,18H,1H3,(H,20,21). The zero-order valence-corrected chi connectivity index (χ0v) is 13.3. The van der Waals surface area contributed by atoms with Gasteiger partial charge in [-0.15, -0.1) is 0 Å². The molecule has 0 amide bonds. The van der Waals surface area contributed by atoms with Gasteiger partial charge in [0.1, 0.15) is 10.7 Å². The number of hydrogen-bond acceptors (Lipinski definition) is 3. The van der Waals surface area contributed by atoms with Crippen LogP contribution in [0.3, 0.4) is 0 Å². The van der Waals surface area contributed by atoms with E-state index in [1.807, 2.05) is 0 Å². The Morgan fingerprint density at radius 3 is 2.58 bits per heavy atom. The lowest BCUT2D eigenvalue weighted by Gasteiger charge is -2.20. The van der Waals surface area contributed by atoms with E-state index in [9.17, 15) is 22.7 Å². The molecule has 0 bridgehead atoms. The summed E-state index contributed by atoms with van der Waals surface area (Å²) < 4.78 is 40.7. The minimum absolute atomic E-state index is 0.00399. The first-order chi connectivity index (χ1) is 11.3. The van der Waals surface area contributed by atoms with Gasteiger partial charge in [-0.25, -0.2) is 17.6 Å². The van der Waals surface area contributed by atoms with Gasteiger partial charge in [0.15, 0.2) is 0 Å². The second-order valence-electron chi connectivity index (χ2n) is 5.11. The molecule has 0 atom stereocenters. The molecule has 0 saturated carbocycles. The quantitative estimate of drug-likeness (QED) is 0.758. The minimum atomic E-state index is -4.16. The molecule has 2 N–H and O–H groups in total. The molecule has 6 nitrogen and oxygen atoms in total. The summed E-state index contributed by atoms with van der Waals surface area (Å²) in [5.74, 6) is -1.93. The number of nitrogens with one attached hydrogen (secondary N) is 1. The number of aromatic carboxylic acids is 1. The number of benzene rings is 2. The van der Waals surface area contributed by atoms with Crippen molar-refractivity contribution in [3.05, 3.63) is 60.0 Å². The summed E-state index contributed by atoms with van der Waals surface area (Å²) in [5, 5.41) is 9.18. The van der Waals surface area contributed by atoms with Crippen molar-refractivity contribution >= 4 is 32.6 Å². The van der Waals surface area contributed by atoms with E-state index in [0.29, 0.717) is 5.52 Å². The molecular formula is C16H13FN2O4S. The SMILES string of the molecule is CN(c1ccccc1C(=O)O)S(=O)(=O)c1c[nH]c2cccc(F)c12. The molecule has 0 aliphatic rings. The van der Waals surface area contributed by atoms with Gasteiger partial charge in [-0.1, -0.05) is 18.2 Å². The van der Waals surface area contributed by atoms with E-state index < -0.39 is 21.8 Å². The van der Waals surface area contributed by atoms with Crippen molar-refractivity contribution < 1.29 is 22.7 Å². The first-order valence-corrected chi connectivity index (χ1v) is 8.35. The highest BCUT2D eigenvalue weighted by atomic mass is 32.2. The fourth-order valence-corrected chi connectivity index (χ4v) is 3.91. The topological polar surface area (TPSA) is 90.5 Å². The number of carboxylic acid groups (broad SMARTS) is 1. The number of fused-ring (bicyclic) bond motifs is 1. The maximum atomic E-state index is 14.1. The average Bonchev–Trinajstić information content (AvgIpc) is 3.00. The second kappa shape index (κ2) is 5.64. The maximum absolute atomic E-state index is 14.1. The molecule has 8 heteroatoms. The van der Waals surface area contributed by atoms with Gasteiger partial charge in [-0.2, -0.15) is 0 Å². The van der Waals surface area contributed by atoms with Gasteiger partial charge in [-0.3, -0.25) is 4.31 Å². The number of sulfonamides is 1. The molecule has 0 saturated heterocycles. The Labute approximate surface area is 137 Å². The summed E-state index contributed by atoms with van der Waals surface area (Å²) in [4.78, 5) is 13.8. The number of rotatable bonds is 4. The van der Waals surface area contributed by atoms with Gasteiger partial charge >= 0.3 is 5.97 Å². The van der Waals surface area contributed by atoms with Crippen LogP contribution < -0.4 is 4.31 Å². The van der Waals surface area contributed by atoms with Crippen LogP contribution in [-0.2, 0) is 10.0 Å². The van der Waals surface area contributed by atoms with Crippen LogP contribution in [0.1, 0.15) is 10.4 Å². The first-order valence-electron chi connectivity index (χ1n) is 6.91. The molecule has 0 unspecified atom stereocenters. The number of nitrogens with zero attached hydrogens (tertiary/aromatic N) is 1. The van der Waals surface area contributed by atoms with Crippen molar-refractivity contribution in [2.45, 2.75) is 4.90 Å². The average molecular weight is 348 g/mol. The van der Waals surface area contributed by atoms with E-state index in [0.717, 1.165) is 4.31 Å². The van der Waals surface area contributed by atoms with E-state index in [2.05, 4.69) is 4.98 Å². The third kappa shape index (κ3) is 2.41. The molecule has 3 rings (SSSR count). The Kier molecular flexibility index (Phi) is 3.76. The summed E-state index contributed by atoms with van der Waals surface area (Å²) in [6.45, 7) is 0. The van der Waals surface area contributed by atoms with E-state index in [-0.39, 0.29) is 21.5 Å². The van der Waals surface area contributed by atoms with Crippen LogP contribution in [-0.4, -0.2) is 31.5 Å². The normalized spacial score (nSPS) is 11.6. The van der Waals surface area contributed by atoms with Gasteiger partial charge in [0, 0.05) is 18.8 Å². The number of halogens is 1. The Balaban J connectivity index is 2.19. The minimum Gasteiger partial charge on any atom is -0.478 e. The predicted octanol–water partition coefficient (Wildman–Crippen LogP) is 2.83. The van der Waals surface area contributed by atoms with E-state index in [1.165, 1.54) is 49.6 Å². The summed E-state index contributed by atoms with van der Waals surface area (Å²) in [6.07, 6.45) is 1.20. The van der Waals surface area contributed by atoms with Gasteiger partial charge in [0.2, 0.25) is 0 Å². The van der Waals surface area contributed by atoms with Crippen LogP contribution in [0.25, 0.3) is 10.9 Å². The van der Waals surface area contributed by atoms with Crippen LogP contribution in [0.5, 0.6) is 0 Å². The van der Waals surface area contributed by atoms with Crippen molar-refractivity contribution in [2.24, 2.45) is 0 Å². The fourth-order valence-electron chi connectivity index (χ4n) is 2.52. The van der Waals surface area contributed by atoms with Crippen molar-refractivity contribution in [1.29, 1.82) is 0 Å². The van der Waals surface area contributed by atoms with E-state index in [4.69, 9.17) is 0 Å². The molecule has 0 aliphatic heterocycles. The fraction of sp³-hybridized carbons (Fsp3) is 0.0625. The Hall–Kier alpha value is -2.87. The number of anilines is 1. The number of aromatic amines is 1. The molecule has 1 aromatic heterocycles. The Bertz CT molecular complexity index is 1040. The number of para-hydroxylation sites is 1. The molecule has 1 heterocycles. The zero-order valence-electron chi connectivity index (χ0n) is 12.5. The third-order valence-corrected chi connectivity index (χ3v) is 5.53. The summed E-state index contributed by atoms with van der Waals surface area (Å²) in [7, 11) is -2.92. The summed E-state index contributed by atoms with van der Waals surface area (Å²) in [6, 6.07) is 9.91. The largest absolute Gasteiger partial charge is 0.478 e. The van der Waals surface area contributed by atoms with Crippen LogP contribution in [0.15, 0.2) is 53.6 Å². The molecular weight excluding hydrogens is 335 g/mol. The molecule has 2 aromatic carbocycles. The van der Waals surface area contributed by atoms with Crippen LogP contribution >= 0.6 is 0 Å². The second-order valence-corrected chi connectivity index (χ2v) is 7.05. The van der Waals surface area contributed by atoms with Gasteiger partial charge in [-0.05, 0) is 24.3 Å². The predicted molar refractivity (Wildman–Crippen MR) is 87.2 cm³/mol. The van der Waals surface area contributed by atoms with Crippen LogP contribution in [0.2, 0.25) is 0 Å². The first kappa shape index (κ1) is 16.0. The zero-order chi connectivity index (χ0) is 17.5. The molecule has 0 fully saturated rings. The highest BCUT2D eigenvalue weighted by Gasteiger charge is 2.28. The molecule has 0 spiro atoms. The van der Waals surface area contributed by atoms with Crippen LogP contribution in [0, 0.1) is 5.82 Å². The van der Waals surface area contributed by atoms with Gasteiger partial charge in [0.25, 0.3) is 10.0 Å². The maximum Gasteiger partial charge on any atom is 0.337 e. The number of carboxylic acids is 1. The van der Waals surface area contributed by atoms with Crippen molar-refractivity contribution in [2.75, 3.05) is 11.4 Å². The lowest BCUT2D eigenvalue weighted by Crippen LogP contribution is -2.28. The number of aromatic nitrogens is 1. The van der Waals surface area contributed by atoms with Crippen molar-refractivity contribution in [3.63, 3.8) is 0 Å². The summed E-state index contributed by atoms with van der Waals surface area (Å²) in [5.41, 5.74) is 0.174. The highest BCUT2D eigenvalue weighted by Crippen LogP contribution is 2.31. The van der Waals surface area contributed by atoms with E-state index >= 15 is 0 Å². The molecule has 124 valence electrons. The number of carbonyl (C=O) groups is 1. The van der Waals surface area contributed by atoms with Crippen molar-refractivity contribution in [3.8, 4) is 0 Å². The van der Waals surface area contributed by atoms with Gasteiger partial charge in [0.05, 0.1) is 16.6 Å². The Morgan fingerprint density at radius 1 is 1.17 bits per heavy atom. The molecule has 0 radical (unpaired) electrons. The monoisotopic (exact) mass is 348 g/mol. The lowest BCUT2D eigenvalue weighted by molar-refractivity contribution is 0.0698. The van der Waals surface area contributed by atoms with Crippen LogP contribution in [0.4, 0.5) is 10.1 Å². The summed E-state index contributed by atoms with van der Waals surface area (Å²) >= 11 is 0. The smallest absolute Gasteiger partial charge is 0.337 e. The number of hydrogen-bond donors (Lipinski definition) is 2. The Morgan fingerprint density at radius 2 is 1.88 bits per heavy atom. The lowest BCUT2D eigenvalue weighted by atomic mass is 10.2. The van der Waals surface area contributed by atoms with Crippen molar-refractivity contribution in [1.82, 2.24) is 4.98 Å².